The van der Waals surface area contributed by atoms with Crippen LogP contribution in [0.1, 0.15) is 25.3 Å². The van der Waals surface area contributed by atoms with Crippen LogP contribution in [0, 0.1) is 0 Å². The molecule has 120 valence electrons. The van der Waals surface area contributed by atoms with Gasteiger partial charge < -0.3 is 5.32 Å². The van der Waals surface area contributed by atoms with Crippen LogP contribution in [-0.2, 0) is 6.54 Å². The standard InChI is InChI=1S/C17H21N5S/c1-3-4-10-18-15-14-11-19-22(12-13-8-6-5-7-9-13)16(14)21-17(20-15)23-2/h5-9,11H,3-4,10,12H2,1-2H3,(H,18,20,21). The highest BCUT2D eigenvalue weighted by Gasteiger charge is 2.12. The molecule has 0 radical (unpaired) electrons. The van der Waals surface area contributed by atoms with Gasteiger partial charge in [-0.2, -0.15) is 5.10 Å². The zero-order chi connectivity index (χ0) is 16.1. The van der Waals surface area contributed by atoms with E-state index < -0.39 is 0 Å². The van der Waals surface area contributed by atoms with Crippen molar-refractivity contribution in [1.29, 1.82) is 0 Å². The van der Waals surface area contributed by atoms with Crippen molar-refractivity contribution in [2.75, 3.05) is 18.1 Å². The Bertz CT molecular complexity index is 769. The number of anilines is 1. The summed E-state index contributed by atoms with van der Waals surface area (Å²) >= 11 is 1.55. The van der Waals surface area contributed by atoms with Gasteiger partial charge in [-0.3, -0.25) is 0 Å². The normalized spacial score (nSPS) is 11.0. The molecular formula is C17H21N5S. The van der Waals surface area contributed by atoms with Crippen molar-refractivity contribution in [2.45, 2.75) is 31.5 Å². The van der Waals surface area contributed by atoms with Crippen LogP contribution in [0.3, 0.4) is 0 Å². The molecule has 1 aromatic carbocycles. The van der Waals surface area contributed by atoms with Gasteiger partial charge in [0.15, 0.2) is 10.8 Å². The first-order valence-electron chi connectivity index (χ1n) is 7.87. The Kier molecular flexibility index (Phi) is 5.12. The van der Waals surface area contributed by atoms with Crippen LogP contribution >= 0.6 is 11.8 Å². The Balaban J connectivity index is 1.95. The van der Waals surface area contributed by atoms with Crippen LogP contribution in [0.5, 0.6) is 0 Å². The molecule has 23 heavy (non-hydrogen) atoms. The first-order valence-corrected chi connectivity index (χ1v) is 9.09. The van der Waals surface area contributed by atoms with Gasteiger partial charge in [-0.05, 0) is 18.2 Å². The molecule has 0 saturated carbocycles. The molecular weight excluding hydrogens is 306 g/mol. The molecule has 2 aromatic heterocycles. The van der Waals surface area contributed by atoms with Crippen molar-refractivity contribution < 1.29 is 0 Å². The van der Waals surface area contributed by atoms with Crippen LogP contribution in [0.4, 0.5) is 5.82 Å². The first-order chi connectivity index (χ1) is 11.3. The van der Waals surface area contributed by atoms with Gasteiger partial charge in [-0.1, -0.05) is 55.4 Å². The van der Waals surface area contributed by atoms with Crippen LogP contribution in [0.15, 0.2) is 41.7 Å². The zero-order valence-corrected chi connectivity index (χ0v) is 14.3. The van der Waals surface area contributed by atoms with Gasteiger partial charge in [0.05, 0.1) is 18.1 Å². The van der Waals surface area contributed by atoms with Crippen LogP contribution < -0.4 is 5.32 Å². The minimum absolute atomic E-state index is 0.712. The van der Waals surface area contributed by atoms with E-state index >= 15 is 0 Å². The third-order valence-electron chi connectivity index (χ3n) is 3.66. The molecule has 6 heteroatoms. The largest absolute Gasteiger partial charge is 0.369 e. The number of hydrogen-bond acceptors (Lipinski definition) is 5. The quantitative estimate of drug-likeness (QED) is 0.406. The molecule has 0 atom stereocenters. The van der Waals surface area contributed by atoms with E-state index in [0.29, 0.717) is 6.54 Å². The lowest BCUT2D eigenvalue weighted by Gasteiger charge is -2.08. The lowest BCUT2D eigenvalue weighted by molar-refractivity contribution is 0.699. The third-order valence-corrected chi connectivity index (χ3v) is 4.20. The number of nitrogens with zero attached hydrogens (tertiary/aromatic N) is 4. The Morgan fingerprint density at radius 3 is 2.74 bits per heavy atom. The van der Waals surface area contributed by atoms with Gasteiger partial charge in [0.1, 0.15) is 5.82 Å². The molecule has 0 aliphatic heterocycles. The van der Waals surface area contributed by atoms with Gasteiger partial charge in [0.2, 0.25) is 0 Å². The van der Waals surface area contributed by atoms with Crippen molar-refractivity contribution >= 4 is 28.6 Å². The SMILES string of the molecule is CCCCNc1nc(SC)nc2c1cnn2Cc1ccccc1. The second-order valence-electron chi connectivity index (χ2n) is 5.36. The molecule has 0 unspecified atom stereocenters. The Morgan fingerprint density at radius 1 is 1.17 bits per heavy atom. The van der Waals surface area contributed by atoms with E-state index in [9.17, 15) is 0 Å². The van der Waals surface area contributed by atoms with E-state index in [1.54, 1.807) is 11.8 Å². The number of thioether (sulfide) groups is 1. The molecule has 0 fully saturated rings. The van der Waals surface area contributed by atoms with Gasteiger partial charge in [0, 0.05) is 6.54 Å². The summed E-state index contributed by atoms with van der Waals surface area (Å²) in [7, 11) is 0. The van der Waals surface area contributed by atoms with E-state index in [-0.39, 0.29) is 0 Å². The smallest absolute Gasteiger partial charge is 0.191 e. The number of aromatic nitrogens is 4. The maximum Gasteiger partial charge on any atom is 0.191 e. The minimum Gasteiger partial charge on any atom is -0.369 e. The molecule has 1 N–H and O–H groups in total. The van der Waals surface area contributed by atoms with Gasteiger partial charge >= 0.3 is 0 Å². The van der Waals surface area contributed by atoms with Crippen molar-refractivity contribution in [3.8, 4) is 0 Å². The highest BCUT2D eigenvalue weighted by atomic mass is 32.2. The number of hydrogen-bond donors (Lipinski definition) is 1. The van der Waals surface area contributed by atoms with Crippen molar-refractivity contribution in [1.82, 2.24) is 19.7 Å². The second kappa shape index (κ2) is 7.46. The Hall–Kier alpha value is -2.08. The fraction of sp³-hybridized carbons (Fsp3) is 0.353. The summed E-state index contributed by atoms with van der Waals surface area (Å²) in [4.78, 5) is 9.25. The van der Waals surface area contributed by atoms with Crippen molar-refractivity contribution in [3.63, 3.8) is 0 Å². The molecule has 0 saturated heterocycles. The maximum absolute atomic E-state index is 4.65. The second-order valence-corrected chi connectivity index (χ2v) is 6.14. The van der Waals surface area contributed by atoms with Gasteiger partial charge in [0.25, 0.3) is 0 Å². The molecule has 0 aliphatic carbocycles. The molecule has 0 bridgehead atoms. The third kappa shape index (κ3) is 3.64. The minimum atomic E-state index is 0.712. The summed E-state index contributed by atoms with van der Waals surface area (Å²) in [5.41, 5.74) is 2.09. The molecule has 5 nitrogen and oxygen atoms in total. The average Bonchev–Trinajstić information content (AvgIpc) is 2.99. The molecule has 3 rings (SSSR count). The predicted molar refractivity (Wildman–Crippen MR) is 96.0 cm³/mol. The highest BCUT2D eigenvalue weighted by Crippen LogP contribution is 2.24. The number of nitrogens with one attached hydrogen (secondary N) is 1. The number of unbranched alkanes of at least 4 members (excludes halogenated alkanes) is 1. The highest BCUT2D eigenvalue weighted by molar-refractivity contribution is 7.98. The summed E-state index contributed by atoms with van der Waals surface area (Å²) in [6, 6.07) is 10.3. The Morgan fingerprint density at radius 2 is 2.00 bits per heavy atom. The lowest BCUT2D eigenvalue weighted by Crippen LogP contribution is -2.07. The van der Waals surface area contributed by atoms with E-state index in [4.69, 9.17) is 0 Å². The summed E-state index contributed by atoms with van der Waals surface area (Å²) < 4.78 is 1.94. The number of fused-ring (bicyclic) bond motifs is 1. The summed E-state index contributed by atoms with van der Waals surface area (Å²) in [6.45, 7) is 3.81. The number of benzene rings is 1. The molecule has 0 spiro atoms. The monoisotopic (exact) mass is 327 g/mol. The molecule has 0 aliphatic rings. The van der Waals surface area contributed by atoms with Crippen LogP contribution in [0.2, 0.25) is 0 Å². The van der Waals surface area contributed by atoms with Gasteiger partial charge in [-0.25, -0.2) is 14.6 Å². The fourth-order valence-corrected chi connectivity index (χ4v) is 2.78. The average molecular weight is 327 g/mol. The van der Waals surface area contributed by atoms with Crippen LogP contribution in [-0.4, -0.2) is 32.5 Å². The van der Waals surface area contributed by atoms with Crippen molar-refractivity contribution in [3.05, 3.63) is 42.1 Å². The summed E-state index contributed by atoms with van der Waals surface area (Å²) in [5, 5.41) is 9.69. The molecule has 0 amide bonds. The van der Waals surface area contributed by atoms with Crippen molar-refractivity contribution in [2.24, 2.45) is 0 Å². The maximum atomic E-state index is 4.65. The van der Waals surface area contributed by atoms with E-state index in [0.717, 1.165) is 41.4 Å². The number of rotatable bonds is 7. The molecule has 2 heterocycles. The van der Waals surface area contributed by atoms with E-state index in [2.05, 4.69) is 39.4 Å². The zero-order valence-electron chi connectivity index (χ0n) is 13.5. The summed E-state index contributed by atoms with van der Waals surface area (Å²) in [5.74, 6) is 0.882. The fourth-order valence-electron chi connectivity index (χ4n) is 2.42. The van der Waals surface area contributed by atoms with E-state index in [1.165, 1.54) is 5.56 Å². The predicted octanol–water partition coefficient (Wildman–Crippen LogP) is 3.81. The first kappa shape index (κ1) is 15.8. The van der Waals surface area contributed by atoms with E-state index in [1.807, 2.05) is 35.3 Å². The molecule has 3 aromatic rings. The lowest BCUT2D eigenvalue weighted by atomic mass is 10.2. The van der Waals surface area contributed by atoms with Gasteiger partial charge in [-0.15, -0.1) is 0 Å². The summed E-state index contributed by atoms with van der Waals surface area (Å²) in [6.07, 6.45) is 6.13. The Labute approximate surface area is 140 Å². The van der Waals surface area contributed by atoms with Crippen LogP contribution in [0.25, 0.3) is 11.0 Å². The topological polar surface area (TPSA) is 55.6 Å².